The number of hydrogen-bond donors (Lipinski definition) is 2. The fourth-order valence-corrected chi connectivity index (χ4v) is 2.24. The number of aromatic nitrogens is 2. The Balaban J connectivity index is 1.81. The van der Waals surface area contributed by atoms with Gasteiger partial charge in [0, 0.05) is 13.0 Å². The number of para-hydroxylation sites is 1. The molecule has 6 nitrogen and oxygen atoms in total. The lowest BCUT2D eigenvalue weighted by atomic mass is 10.2. The number of nitrogens with two attached hydrogens (primary N) is 1. The molecule has 98 valence electrons. The van der Waals surface area contributed by atoms with Crippen LogP contribution in [0.2, 0.25) is 0 Å². The van der Waals surface area contributed by atoms with E-state index in [2.05, 4.69) is 15.3 Å². The summed E-state index contributed by atoms with van der Waals surface area (Å²) in [4.78, 5) is 19.4. The summed E-state index contributed by atoms with van der Waals surface area (Å²) in [6.45, 7) is 0.589. The van der Waals surface area contributed by atoms with Crippen molar-refractivity contribution in [3.05, 3.63) is 30.6 Å². The lowest BCUT2D eigenvalue weighted by Gasteiger charge is -2.13. The van der Waals surface area contributed by atoms with Crippen molar-refractivity contribution in [1.82, 2.24) is 15.3 Å². The van der Waals surface area contributed by atoms with Gasteiger partial charge in [0.1, 0.15) is 12.4 Å². The number of benzene rings is 1. The summed E-state index contributed by atoms with van der Waals surface area (Å²) in [5.41, 5.74) is 6.10. The van der Waals surface area contributed by atoms with Crippen LogP contribution < -0.4 is 15.8 Å². The Labute approximate surface area is 110 Å². The van der Waals surface area contributed by atoms with Crippen molar-refractivity contribution in [2.24, 2.45) is 5.73 Å². The van der Waals surface area contributed by atoms with Crippen LogP contribution in [0, 0.1) is 0 Å². The van der Waals surface area contributed by atoms with Gasteiger partial charge in [-0.2, -0.15) is 0 Å². The molecule has 3 N–H and O–H groups in total. The third-order valence-electron chi connectivity index (χ3n) is 3.22. The molecule has 1 amide bonds. The maximum Gasteiger partial charge on any atom is 0.234 e. The Morgan fingerprint density at radius 3 is 3.00 bits per heavy atom. The minimum atomic E-state index is -0.348. The van der Waals surface area contributed by atoms with E-state index in [1.54, 1.807) is 0 Å². The van der Waals surface area contributed by atoms with Crippen LogP contribution in [0.3, 0.4) is 0 Å². The van der Waals surface area contributed by atoms with Gasteiger partial charge in [0.05, 0.1) is 16.9 Å². The molecular weight excluding hydrogens is 244 g/mol. The van der Waals surface area contributed by atoms with E-state index < -0.39 is 0 Å². The summed E-state index contributed by atoms with van der Waals surface area (Å²) in [6, 6.07) is 7.33. The first-order valence-electron chi connectivity index (χ1n) is 6.13. The maximum absolute atomic E-state index is 11.1. The number of hydrogen-bond acceptors (Lipinski definition) is 5. The molecule has 0 bridgehead atoms. The number of fused-ring (bicyclic) bond motifs is 1. The number of carbonyl (C=O) groups is 1. The number of carbonyl (C=O) groups excluding carboxylic acids is 1. The first-order valence-corrected chi connectivity index (χ1v) is 6.13. The zero-order chi connectivity index (χ0) is 13.2. The number of rotatable bonds is 3. The van der Waals surface area contributed by atoms with E-state index in [-0.39, 0.29) is 18.1 Å². The van der Waals surface area contributed by atoms with Gasteiger partial charge in [0.2, 0.25) is 11.8 Å². The van der Waals surface area contributed by atoms with Crippen molar-refractivity contribution >= 4 is 16.8 Å². The van der Waals surface area contributed by atoms with E-state index in [0.29, 0.717) is 18.8 Å². The summed E-state index contributed by atoms with van der Waals surface area (Å²) in [5.74, 6) is 0.196. The van der Waals surface area contributed by atoms with E-state index in [0.717, 1.165) is 10.9 Å². The molecule has 19 heavy (non-hydrogen) atoms. The van der Waals surface area contributed by atoms with Crippen LogP contribution in [-0.2, 0) is 4.79 Å². The highest BCUT2D eigenvalue weighted by Gasteiger charge is 2.29. The summed E-state index contributed by atoms with van der Waals surface area (Å²) < 4.78 is 5.85. The molecule has 2 atom stereocenters. The number of ether oxygens (including phenoxy) is 1. The molecular formula is C13H14N4O2. The molecule has 3 rings (SSSR count). The number of nitrogens with one attached hydrogen (secondary N) is 1. The molecule has 1 aromatic heterocycles. The molecule has 2 aromatic rings. The Morgan fingerprint density at radius 2 is 2.21 bits per heavy atom. The van der Waals surface area contributed by atoms with Gasteiger partial charge in [-0.1, -0.05) is 12.1 Å². The Bertz CT molecular complexity index is 611. The van der Waals surface area contributed by atoms with E-state index >= 15 is 0 Å². The van der Waals surface area contributed by atoms with Gasteiger partial charge >= 0.3 is 0 Å². The largest absolute Gasteiger partial charge is 0.472 e. The molecule has 0 saturated carbocycles. The molecule has 0 aliphatic carbocycles. The van der Waals surface area contributed by atoms with Crippen LogP contribution in [0.1, 0.15) is 6.42 Å². The third kappa shape index (κ3) is 2.34. The average Bonchev–Trinajstić information content (AvgIpc) is 2.88. The number of amides is 1. The Kier molecular flexibility index (Phi) is 3.00. The van der Waals surface area contributed by atoms with Crippen molar-refractivity contribution in [3.63, 3.8) is 0 Å². The van der Waals surface area contributed by atoms with Crippen LogP contribution in [0.15, 0.2) is 30.6 Å². The predicted molar refractivity (Wildman–Crippen MR) is 69.6 cm³/mol. The highest BCUT2D eigenvalue weighted by atomic mass is 16.5. The van der Waals surface area contributed by atoms with Gasteiger partial charge in [0.15, 0.2) is 0 Å². The third-order valence-corrected chi connectivity index (χ3v) is 3.22. The maximum atomic E-state index is 11.1. The second-order valence-corrected chi connectivity index (χ2v) is 4.53. The van der Waals surface area contributed by atoms with Crippen LogP contribution in [0.5, 0.6) is 5.88 Å². The smallest absolute Gasteiger partial charge is 0.234 e. The molecule has 0 unspecified atom stereocenters. The van der Waals surface area contributed by atoms with E-state index in [1.807, 2.05) is 24.3 Å². The molecule has 1 saturated heterocycles. The van der Waals surface area contributed by atoms with Crippen LogP contribution >= 0.6 is 0 Å². The average molecular weight is 258 g/mol. The van der Waals surface area contributed by atoms with Gasteiger partial charge in [-0.3, -0.25) is 4.79 Å². The second kappa shape index (κ2) is 4.81. The molecule has 1 aromatic carbocycles. The van der Waals surface area contributed by atoms with Crippen molar-refractivity contribution in [2.45, 2.75) is 18.6 Å². The van der Waals surface area contributed by atoms with Crippen LogP contribution in [-0.4, -0.2) is 34.6 Å². The number of primary amides is 1. The van der Waals surface area contributed by atoms with Crippen molar-refractivity contribution < 1.29 is 9.53 Å². The zero-order valence-electron chi connectivity index (χ0n) is 10.2. The van der Waals surface area contributed by atoms with Gasteiger partial charge in [-0.05, 0) is 12.1 Å². The highest BCUT2D eigenvalue weighted by Crippen LogP contribution is 2.23. The zero-order valence-corrected chi connectivity index (χ0v) is 10.2. The fourth-order valence-electron chi connectivity index (χ4n) is 2.24. The molecule has 1 fully saturated rings. The first-order chi connectivity index (χ1) is 9.24. The summed E-state index contributed by atoms with van der Waals surface area (Å²) >= 11 is 0. The molecule has 2 heterocycles. The summed E-state index contributed by atoms with van der Waals surface area (Å²) in [7, 11) is 0. The topological polar surface area (TPSA) is 90.1 Å². The minimum absolute atomic E-state index is 0.101. The molecule has 0 spiro atoms. The highest BCUT2D eigenvalue weighted by molar-refractivity contribution is 5.83. The van der Waals surface area contributed by atoms with Gasteiger partial charge in [0.25, 0.3) is 0 Å². The number of nitrogens with zero attached hydrogens (tertiary/aromatic N) is 2. The van der Waals surface area contributed by atoms with E-state index in [4.69, 9.17) is 10.5 Å². The van der Waals surface area contributed by atoms with E-state index in [1.165, 1.54) is 6.33 Å². The lowest BCUT2D eigenvalue weighted by molar-refractivity contribution is -0.119. The summed E-state index contributed by atoms with van der Waals surface area (Å²) in [6.07, 6.45) is 1.94. The fraction of sp³-hybridized carbons (Fsp3) is 0.308. The molecule has 0 radical (unpaired) electrons. The lowest BCUT2D eigenvalue weighted by Crippen LogP contribution is -2.36. The molecule has 6 heteroatoms. The van der Waals surface area contributed by atoms with E-state index in [9.17, 15) is 4.79 Å². The molecule has 1 aliphatic heterocycles. The predicted octanol–water partition coefficient (Wildman–Crippen LogP) is 0.224. The quantitative estimate of drug-likeness (QED) is 0.822. The van der Waals surface area contributed by atoms with Crippen molar-refractivity contribution in [2.75, 3.05) is 6.54 Å². The SMILES string of the molecule is NC(=O)[C@@H]1C[C@@H](Oc2ncnc3ccccc23)CN1. The standard InChI is InChI=1S/C13H14N4O2/c14-12(18)11-5-8(6-15-11)19-13-9-3-1-2-4-10(9)16-7-17-13/h1-4,7-8,11,15H,5-6H2,(H2,14,18)/t8-,11+/m1/s1. The monoisotopic (exact) mass is 258 g/mol. The minimum Gasteiger partial charge on any atom is -0.472 e. The Morgan fingerprint density at radius 1 is 1.37 bits per heavy atom. The van der Waals surface area contributed by atoms with Gasteiger partial charge in [-0.25, -0.2) is 9.97 Å². The van der Waals surface area contributed by atoms with Crippen molar-refractivity contribution in [3.8, 4) is 5.88 Å². The van der Waals surface area contributed by atoms with Crippen molar-refractivity contribution in [1.29, 1.82) is 0 Å². The normalized spacial score (nSPS) is 22.5. The van der Waals surface area contributed by atoms with Gasteiger partial charge < -0.3 is 15.8 Å². The van der Waals surface area contributed by atoms with Crippen LogP contribution in [0.25, 0.3) is 10.9 Å². The van der Waals surface area contributed by atoms with Crippen LogP contribution in [0.4, 0.5) is 0 Å². The van der Waals surface area contributed by atoms with Gasteiger partial charge in [-0.15, -0.1) is 0 Å². The Hall–Kier alpha value is -2.21. The summed E-state index contributed by atoms with van der Waals surface area (Å²) in [5, 5.41) is 3.90. The second-order valence-electron chi connectivity index (χ2n) is 4.53. The molecule has 1 aliphatic rings. The first kappa shape index (κ1) is 11.9.